The predicted octanol–water partition coefficient (Wildman–Crippen LogP) is 2.96. The number of likely N-dealkylation sites (tertiary alicyclic amines) is 1. The van der Waals surface area contributed by atoms with E-state index in [9.17, 15) is 9.59 Å². The number of nitrogens with zero attached hydrogens (tertiary/aromatic N) is 1. The Morgan fingerprint density at radius 2 is 1.88 bits per heavy atom. The Morgan fingerprint density at radius 1 is 1.29 bits per heavy atom. The maximum Gasteiger partial charge on any atom is 0.417 e. The molecule has 98 valence electrons. The van der Waals surface area contributed by atoms with Gasteiger partial charge in [-0.1, -0.05) is 13.8 Å². The Hall–Kier alpha value is -1.06. The van der Waals surface area contributed by atoms with Crippen molar-refractivity contribution in [1.82, 2.24) is 4.90 Å². The highest BCUT2D eigenvalue weighted by Crippen LogP contribution is 2.30. The second-order valence-corrected chi connectivity index (χ2v) is 6.44. The summed E-state index contributed by atoms with van der Waals surface area (Å²) in [4.78, 5) is 25.0. The molecule has 1 aliphatic rings. The summed E-state index contributed by atoms with van der Waals surface area (Å²) < 4.78 is 5.24. The highest BCUT2D eigenvalue weighted by atomic mass is 16.6. The molecule has 4 heteroatoms. The van der Waals surface area contributed by atoms with Crippen LogP contribution >= 0.6 is 0 Å². The van der Waals surface area contributed by atoms with E-state index in [1.807, 2.05) is 0 Å². The van der Waals surface area contributed by atoms with Crippen molar-refractivity contribution >= 4 is 12.0 Å². The lowest BCUT2D eigenvalue weighted by atomic mass is 9.85. The highest BCUT2D eigenvalue weighted by Gasteiger charge is 2.33. The van der Waals surface area contributed by atoms with Crippen molar-refractivity contribution in [2.45, 2.75) is 59.5 Å². The molecule has 0 aromatic carbocycles. The van der Waals surface area contributed by atoms with Gasteiger partial charge >= 0.3 is 6.09 Å². The van der Waals surface area contributed by atoms with Crippen molar-refractivity contribution in [2.24, 2.45) is 5.41 Å². The fourth-order valence-electron chi connectivity index (χ4n) is 1.75. The minimum Gasteiger partial charge on any atom is -0.443 e. The minimum absolute atomic E-state index is 0.117. The first kappa shape index (κ1) is 14.0. The third-order valence-corrected chi connectivity index (χ3v) is 2.94. The molecule has 1 heterocycles. The lowest BCUT2D eigenvalue weighted by Crippen LogP contribution is -2.40. The molecule has 4 nitrogen and oxygen atoms in total. The summed E-state index contributed by atoms with van der Waals surface area (Å²) in [6.45, 7) is 10.1. The standard InChI is InChI=1S/C13H23NO3/c1-12(2,3)17-11(16)14-9-8-13(4,5)7-6-10(14)15/h6-9H2,1-5H3. The molecule has 17 heavy (non-hydrogen) atoms. The largest absolute Gasteiger partial charge is 0.443 e. The van der Waals surface area contributed by atoms with Gasteiger partial charge in [0, 0.05) is 13.0 Å². The van der Waals surface area contributed by atoms with E-state index >= 15 is 0 Å². The van der Waals surface area contributed by atoms with Crippen molar-refractivity contribution in [3.05, 3.63) is 0 Å². The van der Waals surface area contributed by atoms with Crippen LogP contribution in [0.1, 0.15) is 53.9 Å². The van der Waals surface area contributed by atoms with Gasteiger partial charge in [-0.15, -0.1) is 0 Å². The SMILES string of the molecule is CC1(C)CCC(=O)N(C(=O)OC(C)(C)C)CC1. The molecule has 0 unspecified atom stereocenters. The van der Waals surface area contributed by atoms with Crippen molar-refractivity contribution in [3.63, 3.8) is 0 Å². The lowest BCUT2D eigenvalue weighted by Gasteiger charge is -2.26. The first-order valence-corrected chi connectivity index (χ1v) is 6.14. The molecule has 2 amide bonds. The van der Waals surface area contributed by atoms with E-state index in [2.05, 4.69) is 13.8 Å². The van der Waals surface area contributed by atoms with Crippen LogP contribution < -0.4 is 0 Å². The second-order valence-electron chi connectivity index (χ2n) is 6.44. The highest BCUT2D eigenvalue weighted by molar-refractivity contribution is 5.92. The van der Waals surface area contributed by atoms with Gasteiger partial charge in [-0.3, -0.25) is 4.79 Å². The van der Waals surface area contributed by atoms with E-state index in [-0.39, 0.29) is 11.3 Å². The molecule has 1 rings (SSSR count). The van der Waals surface area contributed by atoms with Gasteiger partial charge in [0.25, 0.3) is 0 Å². The topological polar surface area (TPSA) is 46.6 Å². The van der Waals surface area contributed by atoms with Crippen LogP contribution in [0.15, 0.2) is 0 Å². The molecule has 0 bridgehead atoms. The van der Waals surface area contributed by atoms with E-state index in [1.54, 1.807) is 20.8 Å². The summed E-state index contributed by atoms with van der Waals surface area (Å²) in [5.41, 5.74) is -0.439. The Morgan fingerprint density at radius 3 is 2.41 bits per heavy atom. The number of ether oxygens (including phenoxy) is 1. The molecular formula is C13H23NO3. The molecule has 0 aliphatic carbocycles. The van der Waals surface area contributed by atoms with E-state index in [0.717, 1.165) is 12.8 Å². The normalized spacial score (nSPS) is 21.0. The van der Waals surface area contributed by atoms with Gasteiger partial charge in [-0.25, -0.2) is 9.69 Å². The quantitative estimate of drug-likeness (QED) is 0.655. The Kier molecular flexibility index (Phi) is 3.84. The third kappa shape index (κ3) is 4.36. The van der Waals surface area contributed by atoms with E-state index < -0.39 is 11.7 Å². The van der Waals surface area contributed by atoms with Crippen LogP contribution in [0.4, 0.5) is 4.79 Å². The molecule has 0 N–H and O–H groups in total. The van der Waals surface area contributed by atoms with Crippen LogP contribution in [0.25, 0.3) is 0 Å². The molecule has 0 radical (unpaired) electrons. The fraction of sp³-hybridized carbons (Fsp3) is 0.846. The van der Waals surface area contributed by atoms with Crippen LogP contribution in [-0.2, 0) is 9.53 Å². The first-order chi connectivity index (χ1) is 7.61. The Bertz CT molecular complexity index is 315. The van der Waals surface area contributed by atoms with Gasteiger partial charge in [0.05, 0.1) is 0 Å². The predicted molar refractivity (Wildman–Crippen MR) is 65.6 cm³/mol. The van der Waals surface area contributed by atoms with Crippen molar-refractivity contribution in [3.8, 4) is 0 Å². The van der Waals surface area contributed by atoms with Crippen LogP contribution in [-0.4, -0.2) is 29.0 Å². The number of hydrogen-bond donors (Lipinski definition) is 0. The number of rotatable bonds is 0. The third-order valence-electron chi connectivity index (χ3n) is 2.94. The number of hydrogen-bond acceptors (Lipinski definition) is 3. The van der Waals surface area contributed by atoms with Crippen molar-refractivity contribution in [1.29, 1.82) is 0 Å². The maximum atomic E-state index is 11.9. The number of carbonyl (C=O) groups excluding carboxylic acids is 2. The van der Waals surface area contributed by atoms with E-state index in [0.29, 0.717) is 13.0 Å². The van der Waals surface area contributed by atoms with Crippen LogP contribution in [0.5, 0.6) is 0 Å². The van der Waals surface area contributed by atoms with Crippen LogP contribution in [0.2, 0.25) is 0 Å². The molecule has 0 spiro atoms. The molecular weight excluding hydrogens is 218 g/mol. The summed E-state index contributed by atoms with van der Waals surface area (Å²) in [6, 6.07) is 0. The van der Waals surface area contributed by atoms with Gasteiger partial charge in [0.2, 0.25) is 5.91 Å². The molecule has 1 aliphatic heterocycles. The average molecular weight is 241 g/mol. The molecule has 0 aromatic heterocycles. The summed E-state index contributed by atoms with van der Waals surface area (Å²) in [7, 11) is 0. The van der Waals surface area contributed by atoms with E-state index in [4.69, 9.17) is 4.74 Å². The van der Waals surface area contributed by atoms with Crippen molar-refractivity contribution in [2.75, 3.05) is 6.54 Å². The van der Waals surface area contributed by atoms with Gasteiger partial charge in [-0.2, -0.15) is 0 Å². The molecule has 1 fully saturated rings. The Labute approximate surface area is 103 Å². The Balaban J connectivity index is 2.70. The van der Waals surface area contributed by atoms with Gasteiger partial charge < -0.3 is 4.74 Å². The summed E-state index contributed by atoms with van der Waals surface area (Å²) in [5.74, 6) is -0.121. The lowest BCUT2D eigenvalue weighted by molar-refractivity contribution is -0.129. The van der Waals surface area contributed by atoms with E-state index in [1.165, 1.54) is 4.90 Å². The van der Waals surface area contributed by atoms with Crippen LogP contribution in [0, 0.1) is 5.41 Å². The van der Waals surface area contributed by atoms with Crippen LogP contribution in [0.3, 0.4) is 0 Å². The maximum absolute atomic E-state index is 11.9. The number of imide groups is 1. The number of amides is 2. The summed E-state index contributed by atoms with van der Waals surface area (Å²) >= 11 is 0. The first-order valence-electron chi connectivity index (χ1n) is 6.14. The number of carbonyl (C=O) groups is 2. The zero-order chi connectivity index (χ0) is 13.3. The zero-order valence-electron chi connectivity index (χ0n) is 11.5. The summed E-state index contributed by atoms with van der Waals surface area (Å²) in [5, 5.41) is 0. The minimum atomic E-state index is -0.556. The zero-order valence-corrected chi connectivity index (χ0v) is 11.5. The smallest absolute Gasteiger partial charge is 0.417 e. The van der Waals surface area contributed by atoms with Crippen molar-refractivity contribution < 1.29 is 14.3 Å². The van der Waals surface area contributed by atoms with Gasteiger partial charge in [-0.05, 0) is 39.0 Å². The van der Waals surface area contributed by atoms with Gasteiger partial charge in [0.15, 0.2) is 0 Å². The molecule has 0 saturated carbocycles. The molecule has 0 atom stereocenters. The average Bonchev–Trinajstić information content (AvgIpc) is 2.23. The molecule has 1 saturated heterocycles. The fourth-order valence-corrected chi connectivity index (χ4v) is 1.75. The summed E-state index contributed by atoms with van der Waals surface area (Å²) in [6.07, 6.45) is 1.57. The molecule has 0 aromatic rings. The second kappa shape index (κ2) is 4.67. The van der Waals surface area contributed by atoms with Gasteiger partial charge in [0.1, 0.15) is 5.60 Å². The monoisotopic (exact) mass is 241 g/mol.